The van der Waals surface area contributed by atoms with Crippen molar-refractivity contribution >= 4 is 9.84 Å². The number of ether oxygens (including phenoxy) is 1. The average molecular weight is 376 g/mol. The molecule has 0 unspecified atom stereocenters. The average Bonchev–Trinajstić information content (AvgIpc) is 2.87. The Labute approximate surface area is 145 Å². The van der Waals surface area contributed by atoms with E-state index in [1.165, 1.54) is 12.1 Å². The first kappa shape index (κ1) is 18.5. The molecule has 0 bridgehead atoms. The minimum Gasteiger partial charge on any atom is -0.435 e. The largest absolute Gasteiger partial charge is 0.435 e. The van der Waals surface area contributed by atoms with Crippen LogP contribution in [0.3, 0.4) is 0 Å². The number of alkyl halides is 2. The third kappa shape index (κ3) is 4.46. The molecule has 0 saturated carbocycles. The van der Waals surface area contributed by atoms with E-state index < -0.39 is 16.4 Å². The van der Waals surface area contributed by atoms with Crippen LogP contribution in [0.5, 0.6) is 5.75 Å². The van der Waals surface area contributed by atoms with Gasteiger partial charge >= 0.3 is 6.61 Å². The van der Waals surface area contributed by atoms with Crippen LogP contribution in [0.25, 0.3) is 0 Å². The van der Waals surface area contributed by atoms with Gasteiger partial charge < -0.3 is 9.84 Å². The number of hydrogen-bond acceptors (Lipinski definition) is 6. The molecule has 0 amide bonds. The van der Waals surface area contributed by atoms with E-state index in [0.717, 1.165) is 5.56 Å². The number of hydrogen-bond donors (Lipinski definition) is 1. The summed E-state index contributed by atoms with van der Waals surface area (Å²) in [5.41, 5.74) is 0.917. The first-order valence-electron chi connectivity index (χ1n) is 8.21. The number of benzene rings is 1. The van der Waals surface area contributed by atoms with Crippen LogP contribution in [0.1, 0.15) is 5.56 Å². The van der Waals surface area contributed by atoms with Gasteiger partial charge in [0.05, 0.1) is 18.1 Å². The minimum atomic E-state index is -3.09. The van der Waals surface area contributed by atoms with Crippen LogP contribution in [0.15, 0.2) is 24.3 Å². The lowest BCUT2D eigenvalue weighted by Gasteiger charge is -2.43. The zero-order valence-electron chi connectivity index (χ0n) is 13.7. The number of piperazine rings is 1. The Morgan fingerprint density at radius 2 is 1.72 bits per heavy atom. The molecular formula is C16H22F2N2O4S. The number of β-amino-alcohol motifs (C(OH)–C–C–N with tert-alkyl or cyclic N) is 1. The molecular weight excluding hydrogens is 354 g/mol. The lowest BCUT2D eigenvalue weighted by atomic mass is 10.0. The fraction of sp³-hybridized carbons (Fsp3) is 0.625. The summed E-state index contributed by atoms with van der Waals surface area (Å²) in [5.74, 6) is 0.342. The van der Waals surface area contributed by atoms with E-state index in [9.17, 15) is 22.3 Å². The predicted molar refractivity (Wildman–Crippen MR) is 88.4 cm³/mol. The Morgan fingerprint density at radius 1 is 1.12 bits per heavy atom. The minimum absolute atomic E-state index is 0.00880. The van der Waals surface area contributed by atoms with E-state index in [4.69, 9.17) is 0 Å². The zero-order valence-corrected chi connectivity index (χ0v) is 14.5. The molecule has 2 aliphatic heterocycles. The van der Waals surface area contributed by atoms with E-state index in [-0.39, 0.29) is 35.9 Å². The van der Waals surface area contributed by atoms with Crippen molar-refractivity contribution in [2.24, 2.45) is 0 Å². The van der Waals surface area contributed by atoms with Crippen molar-refractivity contribution in [3.63, 3.8) is 0 Å². The van der Waals surface area contributed by atoms with Crippen LogP contribution in [0, 0.1) is 0 Å². The van der Waals surface area contributed by atoms with Crippen molar-refractivity contribution in [1.29, 1.82) is 0 Å². The maximum absolute atomic E-state index is 12.2. The summed E-state index contributed by atoms with van der Waals surface area (Å²) in [5, 5.41) is 9.19. The third-order valence-corrected chi connectivity index (χ3v) is 6.53. The number of rotatable bonds is 6. The molecule has 1 N–H and O–H groups in total. The lowest BCUT2D eigenvalue weighted by molar-refractivity contribution is -0.0498. The smallest absolute Gasteiger partial charge is 0.387 e. The normalized spacial score (nSPS) is 26.7. The van der Waals surface area contributed by atoms with Gasteiger partial charge in [0.15, 0.2) is 9.84 Å². The molecule has 0 aliphatic carbocycles. The van der Waals surface area contributed by atoms with Gasteiger partial charge in [-0.25, -0.2) is 8.42 Å². The van der Waals surface area contributed by atoms with Crippen LogP contribution in [0.2, 0.25) is 0 Å². The van der Waals surface area contributed by atoms with Gasteiger partial charge in [-0.1, -0.05) is 12.1 Å². The maximum atomic E-state index is 12.2. The quantitative estimate of drug-likeness (QED) is 0.783. The van der Waals surface area contributed by atoms with Crippen LogP contribution in [-0.2, 0) is 16.4 Å². The van der Waals surface area contributed by atoms with Crippen molar-refractivity contribution in [1.82, 2.24) is 9.80 Å². The first-order chi connectivity index (χ1) is 11.9. The van der Waals surface area contributed by atoms with Crippen LogP contribution < -0.4 is 4.74 Å². The highest BCUT2D eigenvalue weighted by atomic mass is 32.2. The summed E-state index contributed by atoms with van der Waals surface area (Å²) >= 11 is 0. The molecule has 6 nitrogen and oxygen atoms in total. The zero-order chi connectivity index (χ0) is 18.0. The van der Waals surface area contributed by atoms with Crippen molar-refractivity contribution in [2.75, 3.05) is 37.7 Å². The van der Waals surface area contributed by atoms with Crippen molar-refractivity contribution < 1.29 is 27.0 Å². The molecule has 2 aliphatic rings. The number of aliphatic hydroxyl groups excluding tert-OH is 1. The molecule has 0 aromatic heterocycles. The number of nitrogens with zero attached hydrogens (tertiary/aromatic N) is 2. The highest BCUT2D eigenvalue weighted by Gasteiger charge is 2.46. The van der Waals surface area contributed by atoms with Crippen LogP contribution >= 0.6 is 0 Å². The van der Waals surface area contributed by atoms with E-state index in [2.05, 4.69) is 9.64 Å². The molecule has 2 fully saturated rings. The van der Waals surface area contributed by atoms with Gasteiger partial charge in [0.1, 0.15) is 5.75 Å². The Balaban J connectivity index is 1.70. The number of aliphatic hydroxyl groups is 1. The Kier molecular flexibility index (Phi) is 5.57. The number of halogens is 2. The SMILES string of the molecule is O=S1(=O)C[C@@H]2[C@H](C1)N(CCO)CCN2Cc1ccc(OC(F)F)cc1. The van der Waals surface area contributed by atoms with Crippen LogP contribution in [-0.4, -0.2) is 79.8 Å². The molecule has 2 atom stereocenters. The number of sulfone groups is 1. The third-order valence-electron chi connectivity index (χ3n) is 4.83. The Hall–Kier alpha value is -1.29. The van der Waals surface area contributed by atoms with Gasteiger partial charge in [-0.15, -0.1) is 0 Å². The second kappa shape index (κ2) is 7.53. The van der Waals surface area contributed by atoms with Gasteiger partial charge in [-0.3, -0.25) is 9.80 Å². The molecule has 140 valence electrons. The molecule has 1 aromatic rings. The molecule has 3 rings (SSSR count). The van der Waals surface area contributed by atoms with Crippen molar-refractivity contribution in [2.45, 2.75) is 25.2 Å². The van der Waals surface area contributed by atoms with E-state index in [1.54, 1.807) is 12.1 Å². The molecule has 9 heteroatoms. The lowest BCUT2D eigenvalue weighted by Crippen LogP contribution is -2.59. The summed E-state index contributed by atoms with van der Waals surface area (Å²) in [6, 6.07) is 6.21. The first-order valence-corrected chi connectivity index (χ1v) is 10.0. The van der Waals surface area contributed by atoms with Gasteiger partial charge in [0, 0.05) is 38.3 Å². The summed E-state index contributed by atoms with van der Waals surface area (Å²) in [6.07, 6.45) is 0. The summed E-state index contributed by atoms with van der Waals surface area (Å²) in [4.78, 5) is 4.18. The monoisotopic (exact) mass is 376 g/mol. The van der Waals surface area contributed by atoms with Crippen molar-refractivity contribution in [3.05, 3.63) is 29.8 Å². The van der Waals surface area contributed by atoms with Crippen LogP contribution in [0.4, 0.5) is 8.78 Å². The highest BCUT2D eigenvalue weighted by Crippen LogP contribution is 2.28. The second-order valence-electron chi connectivity index (χ2n) is 6.46. The van der Waals surface area contributed by atoms with E-state index >= 15 is 0 Å². The standard InChI is InChI=1S/C16H22F2N2O4S/c17-16(18)24-13-3-1-12(2-4-13)9-20-6-5-19(7-8-21)14-10-25(22,23)11-15(14)20/h1-4,14-16,21H,5-11H2/t14-,15+/m0/s1. The maximum Gasteiger partial charge on any atom is 0.387 e. The summed E-state index contributed by atoms with van der Waals surface area (Å²) < 4.78 is 52.9. The summed E-state index contributed by atoms with van der Waals surface area (Å²) in [7, 11) is -3.09. The van der Waals surface area contributed by atoms with E-state index in [0.29, 0.717) is 26.2 Å². The molecule has 2 heterocycles. The Morgan fingerprint density at radius 3 is 2.32 bits per heavy atom. The van der Waals surface area contributed by atoms with Gasteiger partial charge in [-0.05, 0) is 17.7 Å². The molecule has 25 heavy (non-hydrogen) atoms. The summed E-state index contributed by atoms with van der Waals surface area (Å²) in [6.45, 7) is -0.414. The highest BCUT2D eigenvalue weighted by molar-refractivity contribution is 7.91. The van der Waals surface area contributed by atoms with Crippen molar-refractivity contribution in [3.8, 4) is 5.75 Å². The van der Waals surface area contributed by atoms with Gasteiger partial charge in [-0.2, -0.15) is 8.78 Å². The molecule has 1 aromatic carbocycles. The number of fused-ring (bicyclic) bond motifs is 1. The molecule has 0 spiro atoms. The predicted octanol–water partition coefficient (Wildman–Crippen LogP) is 0.564. The van der Waals surface area contributed by atoms with E-state index in [1.807, 2.05) is 4.90 Å². The van der Waals surface area contributed by atoms with Gasteiger partial charge in [0.2, 0.25) is 0 Å². The Bertz CT molecular complexity index is 684. The fourth-order valence-corrected chi connectivity index (χ4v) is 5.75. The molecule has 0 radical (unpaired) electrons. The molecule has 2 saturated heterocycles. The fourth-order valence-electron chi connectivity index (χ4n) is 3.71. The van der Waals surface area contributed by atoms with Gasteiger partial charge in [0.25, 0.3) is 0 Å². The second-order valence-corrected chi connectivity index (χ2v) is 8.62. The topological polar surface area (TPSA) is 70.1 Å².